The van der Waals surface area contributed by atoms with Crippen LogP contribution in [0, 0.1) is 5.82 Å². The predicted octanol–water partition coefficient (Wildman–Crippen LogP) is 4.26. The van der Waals surface area contributed by atoms with Gasteiger partial charge >= 0.3 is 12.1 Å². The summed E-state index contributed by atoms with van der Waals surface area (Å²) in [5, 5.41) is -0.469. The molecule has 0 aliphatic carbocycles. The first-order valence-electron chi connectivity index (χ1n) is 7.77. The summed E-state index contributed by atoms with van der Waals surface area (Å²) in [5.41, 5.74) is -1.38. The van der Waals surface area contributed by atoms with Gasteiger partial charge in [-0.15, -0.1) is 0 Å². The van der Waals surface area contributed by atoms with Gasteiger partial charge in [-0.05, 0) is 49.4 Å². The monoisotopic (exact) mass is 439 g/mol. The standard InChI is InChI=1S/C17H14ClF4NO4S/c1-2-27-16(24)10-23(13-6-4-12(19)5-7-13)28(25,26)15-9-11(17(20,21)22)3-8-14(15)18/h3-9H,2,10H2,1H3. The highest BCUT2D eigenvalue weighted by molar-refractivity contribution is 7.93. The summed E-state index contributed by atoms with van der Waals surface area (Å²) in [7, 11) is -4.72. The topological polar surface area (TPSA) is 63.7 Å². The fraction of sp³-hybridized carbons (Fsp3) is 0.235. The minimum Gasteiger partial charge on any atom is -0.465 e. The molecule has 28 heavy (non-hydrogen) atoms. The van der Waals surface area contributed by atoms with Crippen LogP contribution in [0.1, 0.15) is 12.5 Å². The zero-order valence-electron chi connectivity index (χ0n) is 14.3. The molecule has 0 unspecified atom stereocenters. The van der Waals surface area contributed by atoms with Gasteiger partial charge in [0, 0.05) is 0 Å². The van der Waals surface area contributed by atoms with E-state index in [1.165, 1.54) is 6.92 Å². The molecule has 2 rings (SSSR count). The third-order valence-corrected chi connectivity index (χ3v) is 5.77. The summed E-state index contributed by atoms with van der Waals surface area (Å²) in [6, 6.07) is 5.81. The van der Waals surface area contributed by atoms with Gasteiger partial charge in [0.25, 0.3) is 10.0 Å². The van der Waals surface area contributed by atoms with Gasteiger partial charge in [-0.1, -0.05) is 11.6 Å². The maximum atomic E-state index is 13.2. The van der Waals surface area contributed by atoms with Gasteiger partial charge < -0.3 is 4.74 Å². The molecule has 0 N–H and O–H groups in total. The van der Waals surface area contributed by atoms with Crippen LogP contribution in [0.25, 0.3) is 0 Å². The van der Waals surface area contributed by atoms with Gasteiger partial charge in [0.1, 0.15) is 17.3 Å². The molecular formula is C17H14ClF4NO4S. The second-order valence-electron chi connectivity index (χ2n) is 5.44. The van der Waals surface area contributed by atoms with Crippen LogP contribution in [0.15, 0.2) is 47.4 Å². The van der Waals surface area contributed by atoms with E-state index in [2.05, 4.69) is 0 Å². The minimum absolute atomic E-state index is 0.0412. The maximum absolute atomic E-state index is 13.2. The summed E-state index contributed by atoms with van der Waals surface area (Å²) in [6.07, 6.45) is -4.81. The largest absolute Gasteiger partial charge is 0.465 e. The van der Waals surface area contributed by atoms with Crippen molar-refractivity contribution in [1.29, 1.82) is 0 Å². The molecule has 11 heteroatoms. The molecule has 0 aliphatic rings. The van der Waals surface area contributed by atoms with Crippen LogP contribution in [0.2, 0.25) is 5.02 Å². The fourth-order valence-electron chi connectivity index (χ4n) is 2.24. The first-order valence-corrected chi connectivity index (χ1v) is 9.59. The Morgan fingerprint density at radius 3 is 2.29 bits per heavy atom. The van der Waals surface area contributed by atoms with Crippen LogP contribution >= 0.6 is 11.6 Å². The molecule has 5 nitrogen and oxygen atoms in total. The number of carbonyl (C=O) groups excluding carboxylic acids is 1. The zero-order valence-corrected chi connectivity index (χ0v) is 15.9. The molecule has 2 aromatic carbocycles. The summed E-state index contributed by atoms with van der Waals surface area (Å²) < 4.78 is 83.5. The predicted molar refractivity (Wildman–Crippen MR) is 94.0 cm³/mol. The molecule has 0 spiro atoms. The van der Waals surface area contributed by atoms with E-state index in [1.807, 2.05) is 0 Å². The van der Waals surface area contributed by atoms with Crippen molar-refractivity contribution in [2.75, 3.05) is 17.5 Å². The molecule has 0 aromatic heterocycles. The second-order valence-corrected chi connectivity index (χ2v) is 7.67. The van der Waals surface area contributed by atoms with Crippen LogP contribution in [0.4, 0.5) is 23.2 Å². The van der Waals surface area contributed by atoms with Gasteiger partial charge in [0.05, 0.1) is 22.9 Å². The number of esters is 1. The van der Waals surface area contributed by atoms with Crippen molar-refractivity contribution in [3.8, 4) is 0 Å². The van der Waals surface area contributed by atoms with Gasteiger partial charge in [-0.3, -0.25) is 9.10 Å². The number of anilines is 1. The number of carbonyl (C=O) groups is 1. The third kappa shape index (κ3) is 4.93. The quantitative estimate of drug-likeness (QED) is 0.498. The highest BCUT2D eigenvalue weighted by Gasteiger charge is 2.35. The Labute approximate surface area is 163 Å². The average Bonchev–Trinajstić information content (AvgIpc) is 2.60. The molecule has 0 heterocycles. The van der Waals surface area contributed by atoms with E-state index in [0.717, 1.165) is 30.3 Å². The first-order chi connectivity index (χ1) is 13.0. The number of ether oxygens (including phenoxy) is 1. The molecule has 152 valence electrons. The molecule has 0 radical (unpaired) electrons. The Morgan fingerprint density at radius 2 is 1.75 bits per heavy atom. The van der Waals surface area contributed by atoms with E-state index in [1.54, 1.807) is 0 Å². The highest BCUT2D eigenvalue weighted by Crippen LogP contribution is 2.35. The van der Waals surface area contributed by atoms with Crippen molar-refractivity contribution < 1.29 is 35.5 Å². The number of nitrogens with zero attached hydrogens (tertiary/aromatic N) is 1. The van der Waals surface area contributed by atoms with Crippen molar-refractivity contribution in [1.82, 2.24) is 0 Å². The number of rotatable bonds is 6. The number of hydrogen-bond acceptors (Lipinski definition) is 4. The Kier molecular flexibility index (Phi) is 6.56. The van der Waals surface area contributed by atoms with E-state index in [4.69, 9.17) is 16.3 Å². The Balaban J connectivity index is 2.60. The number of benzene rings is 2. The molecule has 0 bridgehead atoms. The lowest BCUT2D eigenvalue weighted by atomic mass is 10.2. The molecule has 0 saturated heterocycles. The van der Waals surface area contributed by atoms with E-state index in [-0.39, 0.29) is 12.3 Å². The second kappa shape index (κ2) is 8.36. The van der Waals surface area contributed by atoms with E-state index in [0.29, 0.717) is 16.4 Å². The van der Waals surface area contributed by atoms with Gasteiger partial charge in [-0.25, -0.2) is 12.8 Å². The SMILES string of the molecule is CCOC(=O)CN(c1ccc(F)cc1)S(=O)(=O)c1cc(C(F)(F)F)ccc1Cl. The van der Waals surface area contributed by atoms with Crippen molar-refractivity contribution in [2.45, 2.75) is 18.0 Å². The van der Waals surface area contributed by atoms with Crippen LogP contribution in [-0.2, 0) is 25.7 Å². The summed E-state index contributed by atoms with van der Waals surface area (Å²) in [4.78, 5) is 11.0. The molecular weight excluding hydrogens is 426 g/mol. The lowest BCUT2D eigenvalue weighted by Gasteiger charge is -2.24. The zero-order chi connectivity index (χ0) is 21.1. The molecule has 0 saturated carbocycles. The third-order valence-electron chi connectivity index (χ3n) is 3.52. The summed E-state index contributed by atoms with van der Waals surface area (Å²) >= 11 is 5.84. The summed E-state index contributed by atoms with van der Waals surface area (Å²) in [6.45, 7) is 0.618. The fourth-order valence-corrected chi connectivity index (χ4v) is 4.15. The Bertz CT molecular complexity index is 962. The maximum Gasteiger partial charge on any atom is 0.416 e. The number of halogens is 5. The lowest BCUT2D eigenvalue weighted by molar-refractivity contribution is -0.141. The Morgan fingerprint density at radius 1 is 1.14 bits per heavy atom. The molecule has 0 fully saturated rings. The van der Waals surface area contributed by atoms with Crippen molar-refractivity contribution in [3.63, 3.8) is 0 Å². The lowest BCUT2D eigenvalue weighted by Crippen LogP contribution is -2.37. The van der Waals surface area contributed by atoms with E-state index in [9.17, 15) is 30.8 Å². The van der Waals surface area contributed by atoms with Gasteiger partial charge in [0.15, 0.2) is 0 Å². The number of hydrogen-bond donors (Lipinski definition) is 0. The smallest absolute Gasteiger partial charge is 0.416 e. The van der Waals surface area contributed by atoms with Crippen LogP contribution in [0.5, 0.6) is 0 Å². The van der Waals surface area contributed by atoms with Gasteiger partial charge in [-0.2, -0.15) is 13.2 Å². The Hall–Kier alpha value is -2.33. The van der Waals surface area contributed by atoms with Crippen molar-refractivity contribution in [3.05, 3.63) is 58.9 Å². The van der Waals surface area contributed by atoms with E-state index >= 15 is 0 Å². The minimum atomic E-state index is -4.81. The van der Waals surface area contributed by atoms with Gasteiger partial charge in [0.2, 0.25) is 0 Å². The molecule has 0 aliphatic heterocycles. The average molecular weight is 440 g/mol. The number of alkyl halides is 3. The van der Waals surface area contributed by atoms with E-state index < -0.39 is 50.0 Å². The molecule has 0 amide bonds. The normalized spacial score (nSPS) is 11.9. The van der Waals surface area contributed by atoms with Crippen LogP contribution < -0.4 is 4.31 Å². The molecule has 0 atom stereocenters. The van der Waals surface area contributed by atoms with Crippen molar-refractivity contribution in [2.24, 2.45) is 0 Å². The molecule has 2 aromatic rings. The van der Waals surface area contributed by atoms with Crippen LogP contribution in [-0.4, -0.2) is 27.5 Å². The first kappa shape index (κ1) is 22.0. The number of sulfonamides is 1. The van der Waals surface area contributed by atoms with Crippen LogP contribution in [0.3, 0.4) is 0 Å². The summed E-state index contributed by atoms with van der Waals surface area (Å²) in [5.74, 6) is -1.62. The highest BCUT2D eigenvalue weighted by atomic mass is 35.5. The van der Waals surface area contributed by atoms with Crippen molar-refractivity contribution >= 4 is 33.3 Å².